The van der Waals surface area contributed by atoms with Crippen molar-refractivity contribution in [2.75, 3.05) is 23.4 Å². The van der Waals surface area contributed by atoms with Gasteiger partial charge in [-0.15, -0.1) is 0 Å². The van der Waals surface area contributed by atoms with E-state index in [9.17, 15) is 5.11 Å². The molecule has 3 unspecified atom stereocenters. The molecule has 3 aromatic rings. The van der Waals surface area contributed by atoms with E-state index in [1.165, 1.54) is 5.56 Å². The maximum atomic E-state index is 10.8. The van der Waals surface area contributed by atoms with Crippen LogP contribution in [0.4, 0.5) is 17.3 Å². The molecule has 4 rings (SSSR count). The van der Waals surface area contributed by atoms with E-state index >= 15 is 0 Å². The van der Waals surface area contributed by atoms with Gasteiger partial charge in [0.1, 0.15) is 5.82 Å². The van der Waals surface area contributed by atoms with Crippen molar-refractivity contribution >= 4 is 17.3 Å². The third-order valence-electron chi connectivity index (χ3n) is 6.73. The molecule has 9 N–H and O–H groups in total. The standard InChI is InChI=1S/C26H34N6O/c27-24-16-22(25(28)26(31-24)32-29)20(17-7-3-1-4-8-17)13-14-30-19-11-12-21(23(33)15-19)18-9-5-2-6-10-18/h1-10,16,19-21,23,30,33H,11-15,28-29H2,(H3,27,31,32)/t19?,20?,21?,23-/m0/s1. The predicted octanol–water partition coefficient (Wildman–Crippen LogP) is 3.34. The van der Waals surface area contributed by atoms with Gasteiger partial charge in [0.15, 0.2) is 5.82 Å². The zero-order chi connectivity index (χ0) is 23.2. The van der Waals surface area contributed by atoms with E-state index in [2.05, 4.69) is 40.0 Å². The van der Waals surface area contributed by atoms with Crippen molar-refractivity contribution in [3.63, 3.8) is 0 Å². The zero-order valence-electron chi connectivity index (χ0n) is 18.8. The molecule has 1 aliphatic carbocycles. The number of hydrogen-bond acceptors (Lipinski definition) is 7. The Kier molecular flexibility index (Phi) is 7.44. The third kappa shape index (κ3) is 5.45. The van der Waals surface area contributed by atoms with Gasteiger partial charge >= 0.3 is 0 Å². The number of hydrazine groups is 1. The third-order valence-corrected chi connectivity index (χ3v) is 6.73. The fraction of sp³-hybridized carbons (Fsp3) is 0.346. The van der Waals surface area contributed by atoms with Crippen LogP contribution in [0.5, 0.6) is 0 Å². The lowest BCUT2D eigenvalue weighted by atomic mass is 9.79. The van der Waals surface area contributed by atoms with Crippen molar-refractivity contribution in [3.05, 3.63) is 83.4 Å². The molecule has 174 valence electrons. The number of aromatic nitrogens is 1. The minimum atomic E-state index is -0.336. The molecule has 1 aliphatic rings. The second-order valence-electron chi connectivity index (χ2n) is 8.84. The van der Waals surface area contributed by atoms with E-state index in [1.54, 1.807) is 0 Å². The summed E-state index contributed by atoms with van der Waals surface area (Å²) in [6.45, 7) is 0.792. The van der Waals surface area contributed by atoms with Crippen LogP contribution in [0.3, 0.4) is 0 Å². The zero-order valence-corrected chi connectivity index (χ0v) is 18.8. The van der Waals surface area contributed by atoms with Crippen molar-refractivity contribution in [2.45, 2.75) is 49.7 Å². The molecule has 1 aromatic heterocycles. The molecule has 4 atom stereocenters. The van der Waals surface area contributed by atoms with Gasteiger partial charge in [-0.25, -0.2) is 10.8 Å². The summed E-state index contributed by atoms with van der Waals surface area (Å²) in [4.78, 5) is 4.20. The quantitative estimate of drug-likeness (QED) is 0.231. The average molecular weight is 447 g/mol. The fourth-order valence-electron chi connectivity index (χ4n) is 5.03. The van der Waals surface area contributed by atoms with Crippen LogP contribution < -0.4 is 28.1 Å². The van der Waals surface area contributed by atoms with Gasteiger partial charge in [-0.3, -0.25) is 0 Å². The highest BCUT2D eigenvalue weighted by Gasteiger charge is 2.30. The van der Waals surface area contributed by atoms with E-state index in [0.29, 0.717) is 17.3 Å². The van der Waals surface area contributed by atoms with Gasteiger partial charge in [0, 0.05) is 17.9 Å². The molecule has 0 bridgehead atoms. The molecular weight excluding hydrogens is 412 g/mol. The van der Waals surface area contributed by atoms with E-state index in [4.69, 9.17) is 17.3 Å². The molecule has 0 spiro atoms. The Labute approximate surface area is 195 Å². The van der Waals surface area contributed by atoms with Crippen molar-refractivity contribution in [3.8, 4) is 0 Å². The number of aliphatic hydroxyl groups excluding tert-OH is 1. The van der Waals surface area contributed by atoms with Gasteiger partial charge in [0.2, 0.25) is 0 Å². The number of nitrogens with zero attached hydrogens (tertiary/aromatic N) is 1. The first-order chi connectivity index (χ1) is 16.1. The highest BCUT2D eigenvalue weighted by Crippen LogP contribution is 2.36. The maximum absolute atomic E-state index is 10.8. The van der Waals surface area contributed by atoms with Gasteiger partial charge in [0.05, 0.1) is 11.8 Å². The second kappa shape index (κ2) is 10.7. The van der Waals surface area contributed by atoms with Crippen LogP contribution in [-0.2, 0) is 0 Å². The van der Waals surface area contributed by atoms with Crippen molar-refractivity contribution in [1.82, 2.24) is 10.3 Å². The van der Waals surface area contributed by atoms with Gasteiger partial charge in [0.25, 0.3) is 0 Å². The van der Waals surface area contributed by atoms with E-state index in [1.807, 2.05) is 42.5 Å². The molecule has 0 aliphatic heterocycles. The number of nitrogen functional groups attached to an aromatic ring is 3. The van der Waals surface area contributed by atoms with Crippen molar-refractivity contribution in [1.29, 1.82) is 0 Å². The average Bonchev–Trinajstić information content (AvgIpc) is 2.84. The molecule has 2 aromatic carbocycles. The van der Waals surface area contributed by atoms with Crippen LogP contribution in [0.1, 0.15) is 54.2 Å². The number of benzene rings is 2. The molecule has 7 nitrogen and oxygen atoms in total. The molecule has 0 amide bonds. The summed E-state index contributed by atoms with van der Waals surface area (Å²) in [6.07, 6.45) is 3.26. The minimum Gasteiger partial charge on any atom is -0.395 e. The van der Waals surface area contributed by atoms with E-state index < -0.39 is 0 Å². The lowest BCUT2D eigenvalue weighted by Gasteiger charge is -2.34. The molecule has 33 heavy (non-hydrogen) atoms. The van der Waals surface area contributed by atoms with Crippen LogP contribution >= 0.6 is 0 Å². The normalized spacial score (nSPS) is 21.5. The lowest BCUT2D eigenvalue weighted by molar-refractivity contribution is 0.0889. The first-order valence-electron chi connectivity index (χ1n) is 11.6. The first-order valence-corrected chi connectivity index (χ1v) is 11.6. The van der Waals surface area contributed by atoms with Gasteiger partial charge in [-0.1, -0.05) is 60.7 Å². The minimum absolute atomic E-state index is 0.0432. The molecule has 0 saturated heterocycles. The highest BCUT2D eigenvalue weighted by atomic mass is 16.3. The van der Waals surface area contributed by atoms with Gasteiger partial charge in [-0.05, 0) is 55.0 Å². The predicted molar refractivity (Wildman–Crippen MR) is 135 cm³/mol. The molecule has 1 heterocycles. The topological polar surface area (TPSA) is 135 Å². The van der Waals surface area contributed by atoms with Crippen LogP contribution in [0.15, 0.2) is 66.7 Å². The summed E-state index contributed by atoms with van der Waals surface area (Å²) in [5.74, 6) is 6.63. The lowest BCUT2D eigenvalue weighted by Crippen LogP contribution is -2.40. The summed E-state index contributed by atoms with van der Waals surface area (Å²) >= 11 is 0. The van der Waals surface area contributed by atoms with Gasteiger partial charge < -0.3 is 27.3 Å². The summed E-state index contributed by atoms with van der Waals surface area (Å²) in [5, 5.41) is 14.5. The Balaban J connectivity index is 1.43. The van der Waals surface area contributed by atoms with Crippen LogP contribution in [0.25, 0.3) is 0 Å². The summed E-state index contributed by atoms with van der Waals surface area (Å²) in [6, 6.07) is 22.7. The number of aliphatic hydroxyl groups is 1. The van der Waals surface area contributed by atoms with Crippen LogP contribution in [-0.4, -0.2) is 28.8 Å². The highest BCUT2D eigenvalue weighted by molar-refractivity contribution is 5.70. The molecule has 1 saturated carbocycles. The van der Waals surface area contributed by atoms with E-state index in [-0.39, 0.29) is 24.0 Å². The SMILES string of the molecule is NNc1nc(N)cc(C(CCNC2CCC(c3ccccc3)[C@@H](O)C2)c2ccccc2)c1N. The Hall–Kier alpha value is -3.13. The number of nitrogens with one attached hydrogen (secondary N) is 2. The first kappa shape index (κ1) is 23.0. The number of pyridine rings is 1. The second-order valence-corrected chi connectivity index (χ2v) is 8.84. The molecule has 7 heteroatoms. The fourth-order valence-corrected chi connectivity index (χ4v) is 5.03. The van der Waals surface area contributed by atoms with Gasteiger partial charge in [-0.2, -0.15) is 0 Å². The smallest absolute Gasteiger partial charge is 0.165 e. The van der Waals surface area contributed by atoms with Crippen LogP contribution in [0.2, 0.25) is 0 Å². The molecule has 0 radical (unpaired) electrons. The number of anilines is 3. The number of nitrogens with two attached hydrogens (primary N) is 3. The monoisotopic (exact) mass is 446 g/mol. The molecular formula is C26H34N6O. The van der Waals surface area contributed by atoms with Crippen molar-refractivity contribution in [2.24, 2.45) is 5.84 Å². The van der Waals surface area contributed by atoms with Crippen LogP contribution in [0, 0.1) is 0 Å². The number of hydrogen-bond donors (Lipinski definition) is 6. The Morgan fingerprint density at radius 2 is 1.70 bits per heavy atom. The Morgan fingerprint density at radius 1 is 1.00 bits per heavy atom. The summed E-state index contributed by atoms with van der Waals surface area (Å²) < 4.78 is 0. The maximum Gasteiger partial charge on any atom is 0.165 e. The Morgan fingerprint density at radius 3 is 2.36 bits per heavy atom. The summed E-state index contributed by atoms with van der Waals surface area (Å²) in [7, 11) is 0. The van der Waals surface area contributed by atoms with E-state index in [0.717, 1.165) is 43.4 Å². The largest absolute Gasteiger partial charge is 0.395 e. The Bertz CT molecular complexity index is 1030. The van der Waals surface area contributed by atoms with Crippen molar-refractivity contribution < 1.29 is 5.11 Å². The summed E-state index contributed by atoms with van der Waals surface area (Å²) in [5.41, 5.74) is 18.8. The molecule has 1 fully saturated rings. The number of rotatable bonds is 8.